The van der Waals surface area contributed by atoms with E-state index < -0.39 is 11.6 Å². The molecular weight excluding hydrogens is 1880 g/mol. The molecule has 10 nitrogen and oxygen atoms in total. The number of aliphatic hydroxyl groups is 2. The van der Waals surface area contributed by atoms with Crippen LogP contribution in [0.15, 0.2) is 207 Å². The van der Waals surface area contributed by atoms with Gasteiger partial charge in [-0.25, -0.2) is 21.3 Å². The molecule has 0 spiro atoms. The van der Waals surface area contributed by atoms with Gasteiger partial charge in [0, 0.05) is 123 Å². The molecule has 8 aromatic heterocycles. The molecule has 0 saturated carbocycles. The summed E-state index contributed by atoms with van der Waals surface area (Å²) in [5.74, 6) is -1.29. The van der Waals surface area contributed by atoms with Crippen molar-refractivity contribution in [3.8, 4) is 44.3 Å². The smallest absolute Gasteiger partial charge is 0.657 e. The minimum atomic E-state index is -0.649. The van der Waals surface area contributed by atoms with Crippen molar-refractivity contribution in [1.29, 1.82) is 0 Å². The fourth-order valence-electron chi connectivity index (χ4n) is 12.2. The number of aryl methyl sites for hydroxylation is 4. The van der Waals surface area contributed by atoms with Crippen LogP contribution in [0, 0.1) is 35.9 Å². The maximum atomic E-state index is 13.2. The SMILES string of the molecule is CC(O)CC(C)O.CCC1=C(CC)c2cc3[n-]c(cc4nc(cc5[n-]c(cc1n2)c(CC)c5CC)C(CC)=C4CC)c(CC)c3CC.Fc1c[c-]c(-c2ccccn2)c(F)c1.[Pd].[Pd].[Pd].[Pt+2].[Rh].[c-]1c(-c2ccccn2)sc2ccccc12.[c-]1ccccc1-c1ccccn1.[c-]1ccccc1-c1ccccn1. The zero-order valence-corrected chi connectivity index (χ0v) is 69.8. The van der Waals surface area contributed by atoms with Gasteiger partial charge in [0.25, 0.3) is 0 Å². The van der Waals surface area contributed by atoms with Crippen LogP contribution >= 0.6 is 11.3 Å². The van der Waals surface area contributed by atoms with Gasteiger partial charge < -0.3 is 40.1 Å². The number of aliphatic hydroxyl groups excluding tert-OH is 2. The van der Waals surface area contributed by atoms with Gasteiger partial charge in [-0.1, -0.05) is 174 Å². The molecule has 12 aromatic rings. The van der Waals surface area contributed by atoms with Crippen LogP contribution in [0.2, 0.25) is 0 Å². The second kappa shape index (κ2) is 46.4. The Bertz CT molecular complexity index is 4410. The Kier molecular flexibility index (Phi) is 40.0. The number of aromatic nitrogens is 8. The third-order valence-electron chi connectivity index (χ3n) is 16.8. The summed E-state index contributed by atoms with van der Waals surface area (Å²) in [7, 11) is 0. The molecule has 2 aliphatic heterocycles. The van der Waals surface area contributed by atoms with Crippen LogP contribution in [0.5, 0.6) is 0 Å². The second-order valence-electron chi connectivity index (χ2n) is 23.7. The minimum Gasteiger partial charge on any atom is -0.657 e. The zero-order chi connectivity index (χ0) is 70.9. The molecule has 0 amide bonds. The van der Waals surface area contributed by atoms with Crippen molar-refractivity contribution in [1.82, 2.24) is 39.9 Å². The van der Waals surface area contributed by atoms with Gasteiger partial charge in [0.15, 0.2) is 0 Å². The first-order valence-corrected chi connectivity index (χ1v) is 35.4. The predicted octanol–water partition coefficient (Wildman–Crippen LogP) is 21.1. The van der Waals surface area contributed by atoms with Crippen molar-refractivity contribution >= 4 is 65.8 Å². The second-order valence-corrected chi connectivity index (χ2v) is 24.8. The summed E-state index contributed by atoms with van der Waals surface area (Å²) < 4.78 is 27.1. The van der Waals surface area contributed by atoms with E-state index in [-0.39, 0.29) is 120 Å². The maximum absolute atomic E-state index is 13.2. The number of pyridine rings is 4. The van der Waals surface area contributed by atoms with Gasteiger partial charge in [0.05, 0.1) is 35.0 Å². The average Bonchev–Trinajstić information content (AvgIpc) is 1.62. The number of hydrogen-bond donors (Lipinski definition) is 2. The van der Waals surface area contributed by atoms with Crippen LogP contribution in [0.1, 0.15) is 146 Å². The van der Waals surface area contributed by atoms with Crippen LogP contribution in [0.25, 0.3) is 98.8 Å². The molecular formula is C87H86F2N8O2Pd3PtRhS-4. The van der Waals surface area contributed by atoms with Crippen molar-refractivity contribution in [2.24, 2.45) is 0 Å². The van der Waals surface area contributed by atoms with Gasteiger partial charge in [0.2, 0.25) is 0 Å². The number of rotatable bonds is 14. The van der Waals surface area contributed by atoms with Gasteiger partial charge in [-0.05, 0) is 145 Å². The molecule has 1 radical (unpaired) electrons. The van der Waals surface area contributed by atoms with Crippen LogP contribution in [-0.4, -0.2) is 52.3 Å². The van der Waals surface area contributed by atoms with E-state index in [2.05, 4.69) is 142 Å². The van der Waals surface area contributed by atoms with Crippen molar-refractivity contribution in [2.45, 2.75) is 139 Å². The first-order valence-electron chi connectivity index (χ1n) is 34.6. The summed E-state index contributed by atoms with van der Waals surface area (Å²) in [6, 6.07) is 69.7. The number of benzene rings is 4. The summed E-state index contributed by atoms with van der Waals surface area (Å²) in [5.41, 5.74) is 24.8. The summed E-state index contributed by atoms with van der Waals surface area (Å²) in [5, 5.41) is 18.3. The van der Waals surface area contributed by atoms with E-state index >= 15 is 0 Å². The molecule has 0 aliphatic carbocycles. The van der Waals surface area contributed by atoms with Gasteiger partial charge >= 0.3 is 21.1 Å². The molecule has 105 heavy (non-hydrogen) atoms. The number of nitrogens with zero attached hydrogens (tertiary/aromatic N) is 8. The van der Waals surface area contributed by atoms with E-state index in [1.165, 1.54) is 54.6 Å². The number of thiophene rings is 1. The zero-order valence-electron chi connectivity index (χ0n) is 60.4. The van der Waals surface area contributed by atoms with Gasteiger partial charge in [0.1, 0.15) is 0 Å². The Morgan fingerprint density at radius 3 is 1.08 bits per heavy atom. The van der Waals surface area contributed by atoms with Crippen LogP contribution in [0.3, 0.4) is 0 Å². The number of hydrogen-bond acceptors (Lipinski definition) is 9. The molecule has 559 valence electrons. The van der Waals surface area contributed by atoms with Gasteiger partial charge in [-0.2, -0.15) is 0 Å². The maximum Gasteiger partial charge on any atom is 2.00 e. The Morgan fingerprint density at radius 2 is 0.771 bits per heavy atom. The Morgan fingerprint density at radius 1 is 0.419 bits per heavy atom. The van der Waals surface area contributed by atoms with Crippen molar-refractivity contribution in [2.75, 3.05) is 0 Å². The van der Waals surface area contributed by atoms with E-state index in [0.29, 0.717) is 12.1 Å². The fourth-order valence-corrected chi connectivity index (χ4v) is 13.2. The summed E-state index contributed by atoms with van der Waals surface area (Å²) in [4.78, 5) is 38.8. The first-order chi connectivity index (χ1) is 48.7. The molecule has 2 N–H and O–H groups in total. The van der Waals surface area contributed by atoms with Crippen molar-refractivity contribution < 1.29 is 121 Å². The quantitative estimate of drug-likeness (QED) is 0.0797. The topological polar surface area (TPSA) is 146 Å². The summed E-state index contributed by atoms with van der Waals surface area (Å²) >= 11 is 1.73. The Balaban J connectivity index is 0.000000296. The van der Waals surface area contributed by atoms with Crippen molar-refractivity contribution in [3.63, 3.8) is 0 Å². The van der Waals surface area contributed by atoms with Gasteiger partial charge in [-0.3, -0.25) is 8.78 Å². The van der Waals surface area contributed by atoms with Crippen LogP contribution in [-0.2, 0) is 127 Å². The molecule has 10 heterocycles. The number of halogens is 2. The molecule has 4 aromatic carbocycles. The third kappa shape index (κ3) is 24.6. The Hall–Kier alpha value is -6.88. The van der Waals surface area contributed by atoms with E-state index in [1.807, 2.05) is 115 Å². The Labute approximate surface area is 691 Å². The molecule has 2 aliphatic rings. The molecule has 0 saturated heterocycles. The molecule has 2 unspecified atom stereocenters. The first kappa shape index (κ1) is 90.5. The molecule has 18 heteroatoms. The van der Waals surface area contributed by atoms with E-state index in [4.69, 9.17) is 30.1 Å². The predicted molar refractivity (Wildman–Crippen MR) is 409 cm³/mol. The number of allylic oxidation sites excluding steroid dienone is 4. The summed E-state index contributed by atoms with van der Waals surface area (Å²) in [6.45, 7) is 21.3. The van der Waals surface area contributed by atoms with Crippen LogP contribution < -0.4 is 9.97 Å². The molecule has 2 atom stereocenters. The van der Waals surface area contributed by atoms with E-state index in [0.717, 1.165) is 141 Å². The standard InChI is InChI=1S/C36H44N4.C13H8NS.C11H6F2N.2C11H8N.C5H12O2.3Pd.Pt.Rh/c1-9-21-22(10-2)30-18-32-25(13-5)26(14-6)34(39-32)20-36-28(16-8)27(15-7)35(40-36)19-33-24(12-4)23(11-3)31(38-33)17-29(21)37-30;1-2-7-12-10(5-1)9-13(15-12)11-6-3-4-8-14-11;12-8-4-5-9(10(13)7-8)11-3-1-2-6-14-11;2*1-2-6-10(7-3-1)11-8-4-5-9-12-11;1-4(6)3-5(2)7;;;;;/h17-20H,9-16H2,1-8H3;1-8H;1-4,6-7H;2*1-6,8-9H;4-7H,3H2,1-2H3;;;;;/q-2;4*-1;;;;;+2;. The fraction of sp³-hybridized carbons (Fsp3) is 0.241. The number of fused-ring (bicyclic) bond motifs is 9. The normalized spacial score (nSPS) is 11.5. The van der Waals surface area contributed by atoms with E-state index in [9.17, 15) is 8.78 Å². The minimum absolute atomic E-state index is 0. The summed E-state index contributed by atoms with van der Waals surface area (Å²) in [6.07, 6.45) is 14.3. The molecule has 8 bridgehead atoms. The van der Waals surface area contributed by atoms with E-state index in [1.54, 1.807) is 62.0 Å². The third-order valence-corrected chi connectivity index (χ3v) is 17.9. The largest absolute Gasteiger partial charge is 2.00 e. The monoisotopic (exact) mass is 1960 g/mol. The van der Waals surface area contributed by atoms with Gasteiger partial charge in [-0.15, -0.1) is 130 Å². The van der Waals surface area contributed by atoms with Crippen LogP contribution in [0.4, 0.5) is 8.78 Å². The average molecular weight is 1960 g/mol. The molecule has 0 fully saturated rings. The van der Waals surface area contributed by atoms with Crippen molar-refractivity contribution in [3.05, 3.63) is 288 Å². The molecule has 14 rings (SSSR count).